The van der Waals surface area contributed by atoms with Crippen molar-refractivity contribution >= 4 is 15.9 Å². The number of ether oxygens (including phenoxy) is 1. The van der Waals surface area contributed by atoms with Gasteiger partial charge in [0.05, 0.1) is 13.2 Å². The minimum Gasteiger partial charge on any atom is -0.497 e. The summed E-state index contributed by atoms with van der Waals surface area (Å²) in [4.78, 5) is 0. The maximum atomic E-state index is 14.1. The zero-order chi connectivity index (χ0) is 14.7. The lowest BCUT2D eigenvalue weighted by molar-refractivity contribution is 0.413. The third-order valence-electron chi connectivity index (χ3n) is 3.27. The lowest BCUT2D eigenvalue weighted by Gasteiger charge is -2.20. The van der Waals surface area contributed by atoms with Gasteiger partial charge in [0.1, 0.15) is 11.6 Å². The first-order chi connectivity index (χ1) is 9.56. The van der Waals surface area contributed by atoms with Crippen molar-refractivity contribution in [1.29, 1.82) is 0 Å². The van der Waals surface area contributed by atoms with Gasteiger partial charge in [0.25, 0.3) is 0 Å². The van der Waals surface area contributed by atoms with E-state index in [1.807, 2.05) is 38.2 Å². The van der Waals surface area contributed by atoms with Gasteiger partial charge in [-0.15, -0.1) is 0 Å². The van der Waals surface area contributed by atoms with Crippen LogP contribution in [0.5, 0.6) is 5.75 Å². The van der Waals surface area contributed by atoms with Crippen molar-refractivity contribution in [3.63, 3.8) is 0 Å². The number of benzene rings is 2. The first-order valence-corrected chi connectivity index (χ1v) is 7.13. The molecule has 0 aliphatic rings. The van der Waals surface area contributed by atoms with Crippen molar-refractivity contribution in [1.82, 2.24) is 5.32 Å². The molecule has 0 bridgehead atoms. The maximum absolute atomic E-state index is 14.1. The molecule has 0 saturated carbocycles. The molecule has 4 heteroatoms. The third kappa shape index (κ3) is 3.02. The highest BCUT2D eigenvalue weighted by atomic mass is 79.9. The third-order valence-corrected chi connectivity index (χ3v) is 3.99. The molecule has 2 aromatic rings. The second-order valence-electron chi connectivity index (χ2n) is 4.63. The largest absolute Gasteiger partial charge is 0.497 e. The van der Waals surface area contributed by atoms with Gasteiger partial charge in [-0.05, 0) is 43.8 Å². The molecule has 0 saturated heterocycles. The van der Waals surface area contributed by atoms with Gasteiger partial charge in [-0.3, -0.25) is 0 Å². The molecule has 20 heavy (non-hydrogen) atoms. The van der Waals surface area contributed by atoms with E-state index in [0.717, 1.165) is 21.3 Å². The quantitative estimate of drug-likeness (QED) is 0.902. The van der Waals surface area contributed by atoms with E-state index in [1.54, 1.807) is 13.2 Å². The lowest BCUT2D eigenvalue weighted by atomic mass is 9.96. The standard InChI is InChI=1S/C16H17BrFNO/c1-10-4-7-15(18)13(8-10)16(19-2)12-9-11(20-3)5-6-14(12)17/h4-9,16,19H,1-3H3. The van der Waals surface area contributed by atoms with Crippen LogP contribution in [0.1, 0.15) is 22.7 Å². The predicted molar refractivity (Wildman–Crippen MR) is 82.7 cm³/mol. The molecule has 0 aromatic heterocycles. The van der Waals surface area contributed by atoms with Gasteiger partial charge < -0.3 is 10.1 Å². The van der Waals surface area contributed by atoms with Gasteiger partial charge >= 0.3 is 0 Å². The summed E-state index contributed by atoms with van der Waals surface area (Å²) in [7, 11) is 3.44. The van der Waals surface area contributed by atoms with Crippen molar-refractivity contribution in [3.05, 3.63) is 63.4 Å². The molecule has 0 spiro atoms. The number of aryl methyl sites for hydroxylation is 1. The molecule has 0 aliphatic heterocycles. The normalized spacial score (nSPS) is 12.2. The second-order valence-corrected chi connectivity index (χ2v) is 5.49. The zero-order valence-corrected chi connectivity index (χ0v) is 13.3. The summed E-state index contributed by atoms with van der Waals surface area (Å²) in [6.07, 6.45) is 0. The van der Waals surface area contributed by atoms with E-state index < -0.39 is 0 Å². The van der Waals surface area contributed by atoms with Crippen LogP contribution in [0, 0.1) is 12.7 Å². The number of methoxy groups -OCH3 is 1. The molecule has 0 heterocycles. The van der Waals surface area contributed by atoms with Crippen molar-refractivity contribution in [2.45, 2.75) is 13.0 Å². The van der Waals surface area contributed by atoms with Gasteiger partial charge in [0.2, 0.25) is 0 Å². The first-order valence-electron chi connectivity index (χ1n) is 6.33. The summed E-state index contributed by atoms with van der Waals surface area (Å²) >= 11 is 3.52. The Morgan fingerprint density at radius 1 is 1.15 bits per heavy atom. The van der Waals surface area contributed by atoms with Crippen LogP contribution in [0.25, 0.3) is 0 Å². The van der Waals surface area contributed by atoms with Crippen LogP contribution in [0.3, 0.4) is 0 Å². The fourth-order valence-electron chi connectivity index (χ4n) is 2.23. The number of hydrogen-bond acceptors (Lipinski definition) is 2. The minimum atomic E-state index is -0.237. The van der Waals surface area contributed by atoms with Crippen molar-refractivity contribution in [2.75, 3.05) is 14.2 Å². The van der Waals surface area contributed by atoms with Gasteiger partial charge in [0.15, 0.2) is 0 Å². The van der Waals surface area contributed by atoms with Gasteiger partial charge in [0, 0.05) is 10.0 Å². The summed E-state index contributed by atoms with van der Waals surface area (Å²) in [5.74, 6) is 0.529. The van der Waals surface area contributed by atoms with E-state index >= 15 is 0 Å². The molecule has 2 nitrogen and oxygen atoms in total. The van der Waals surface area contributed by atoms with Crippen LogP contribution in [-0.4, -0.2) is 14.2 Å². The molecule has 106 valence electrons. The molecule has 0 fully saturated rings. The van der Waals surface area contributed by atoms with Crippen molar-refractivity contribution in [2.24, 2.45) is 0 Å². The predicted octanol–water partition coefficient (Wildman–Crippen LogP) is 4.21. The summed E-state index contributed by atoms with van der Waals surface area (Å²) < 4.78 is 20.3. The van der Waals surface area contributed by atoms with Crippen LogP contribution >= 0.6 is 15.9 Å². The number of rotatable bonds is 4. The Hall–Kier alpha value is -1.39. The van der Waals surface area contributed by atoms with Crippen molar-refractivity contribution in [3.8, 4) is 5.75 Å². The average molecular weight is 338 g/mol. The van der Waals surface area contributed by atoms with E-state index in [0.29, 0.717) is 5.56 Å². The molecular formula is C16H17BrFNO. The lowest BCUT2D eigenvalue weighted by Crippen LogP contribution is -2.19. The first kappa shape index (κ1) is 15.0. The molecule has 1 N–H and O–H groups in total. The number of nitrogens with one attached hydrogen (secondary N) is 1. The van der Waals surface area contributed by atoms with Gasteiger partial charge in [-0.1, -0.05) is 33.6 Å². The molecule has 1 atom stereocenters. The molecule has 0 radical (unpaired) electrons. The average Bonchev–Trinajstić information content (AvgIpc) is 2.45. The fraction of sp³-hybridized carbons (Fsp3) is 0.250. The second kappa shape index (κ2) is 6.37. The fourth-order valence-corrected chi connectivity index (χ4v) is 2.71. The Labute approximate surface area is 127 Å². The highest BCUT2D eigenvalue weighted by Crippen LogP contribution is 2.32. The van der Waals surface area contributed by atoms with E-state index in [-0.39, 0.29) is 11.9 Å². The Morgan fingerprint density at radius 3 is 2.55 bits per heavy atom. The van der Waals surface area contributed by atoms with Gasteiger partial charge in [-0.25, -0.2) is 4.39 Å². The molecular weight excluding hydrogens is 321 g/mol. The summed E-state index contributed by atoms with van der Waals surface area (Å²) in [5, 5.41) is 3.17. The van der Waals surface area contributed by atoms with E-state index in [4.69, 9.17) is 4.74 Å². The number of hydrogen-bond donors (Lipinski definition) is 1. The van der Waals surface area contributed by atoms with Gasteiger partial charge in [-0.2, -0.15) is 0 Å². The monoisotopic (exact) mass is 337 g/mol. The maximum Gasteiger partial charge on any atom is 0.128 e. The Kier molecular flexibility index (Phi) is 4.78. The van der Waals surface area contributed by atoms with Crippen molar-refractivity contribution < 1.29 is 9.13 Å². The van der Waals surface area contributed by atoms with Crippen LogP contribution in [0.4, 0.5) is 4.39 Å². The molecule has 1 unspecified atom stereocenters. The highest BCUT2D eigenvalue weighted by Gasteiger charge is 2.19. The summed E-state index contributed by atoms with van der Waals surface area (Å²) in [6.45, 7) is 1.95. The Bertz CT molecular complexity index is 615. The van der Waals surface area contributed by atoms with E-state index in [2.05, 4.69) is 21.2 Å². The zero-order valence-electron chi connectivity index (χ0n) is 11.7. The molecule has 0 aliphatic carbocycles. The SMILES string of the molecule is CNC(c1cc(C)ccc1F)c1cc(OC)ccc1Br. The summed E-state index contributed by atoms with van der Waals surface area (Å²) in [5.41, 5.74) is 2.60. The molecule has 2 aromatic carbocycles. The molecule has 2 rings (SSSR count). The van der Waals surface area contributed by atoms with Crippen LogP contribution in [-0.2, 0) is 0 Å². The summed E-state index contributed by atoms with van der Waals surface area (Å²) in [6, 6.07) is 10.6. The van der Waals surface area contributed by atoms with Crippen LogP contribution in [0.15, 0.2) is 40.9 Å². The number of halogens is 2. The Balaban J connectivity index is 2.54. The van der Waals surface area contributed by atoms with E-state index in [9.17, 15) is 4.39 Å². The topological polar surface area (TPSA) is 21.3 Å². The van der Waals surface area contributed by atoms with Crippen LogP contribution in [0.2, 0.25) is 0 Å². The molecule has 0 amide bonds. The smallest absolute Gasteiger partial charge is 0.128 e. The highest BCUT2D eigenvalue weighted by molar-refractivity contribution is 9.10. The van der Waals surface area contributed by atoms with Crippen LogP contribution < -0.4 is 10.1 Å². The van der Waals surface area contributed by atoms with E-state index in [1.165, 1.54) is 6.07 Å². The minimum absolute atomic E-state index is 0.218. The Morgan fingerprint density at radius 2 is 1.90 bits per heavy atom.